The molecule has 10 heteroatoms. The minimum atomic E-state index is -3.95. The molecule has 0 fully saturated rings. The summed E-state index contributed by atoms with van der Waals surface area (Å²) < 4.78 is 34.6. The first-order valence-corrected chi connectivity index (χ1v) is 11.4. The normalized spacial score (nSPS) is 17.1. The Labute approximate surface area is 177 Å². The first-order chi connectivity index (χ1) is 13.8. The van der Waals surface area contributed by atoms with Crippen molar-refractivity contribution in [2.75, 3.05) is 6.54 Å². The van der Waals surface area contributed by atoms with Crippen LogP contribution in [0.25, 0.3) is 0 Å². The van der Waals surface area contributed by atoms with Crippen LogP contribution in [0.4, 0.5) is 0 Å². The number of aliphatic imine (C=N–C) groups is 1. The van der Waals surface area contributed by atoms with Gasteiger partial charge in [-0.05, 0) is 82.6 Å². The van der Waals surface area contributed by atoms with Crippen LogP contribution in [0, 0.1) is 20.8 Å². The van der Waals surface area contributed by atoms with E-state index in [2.05, 4.69) is 9.71 Å². The molecule has 1 aliphatic heterocycles. The van der Waals surface area contributed by atoms with Gasteiger partial charge in [0.2, 0.25) is 5.96 Å². The maximum Gasteiger partial charge on any atom is 0.320 e. The number of nitrogens with one attached hydrogen (secondary N) is 1. The second-order valence-electron chi connectivity index (χ2n) is 8.33. The molecule has 0 saturated carbocycles. The van der Waals surface area contributed by atoms with Gasteiger partial charge in [-0.25, -0.2) is 13.1 Å². The third-order valence-corrected chi connectivity index (χ3v) is 7.07. The summed E-state index contributed by atoms with van der Waals surface area (Å²) in [5.74, 6) is -0.573. The summed E-state index contributed by atoms with van der Waals surface area (Å²) in [5.41, 5.74) is 13.9. The van der Waals surface area contributed by atoms with Crippen LogP contribution < -0.4 is 20.9 Å². The van der Waals surface area contributed by atoms with E-state index in [1.807, 2.05) is 20.8 Å². The lowest BCUT2D eigenvalue weighted by atomic mass is 9.88. The summed E-state index contributed by atoms with van der Waals surface area (Å²) in [7, 11) is -3.95. The van der Waals surface area contributed by atoms with E-state index >= 15 is 0 Å². The number of hydrogen-bond acceptors (Lipinski definition) is 6. The van der Waals surface area contributed by atoms with Gasteiger partial charge in [-0.15, -0.1) is 0 Å². The number of hydrogen-bond donors (Lipinski definition) is 4. The van der Waals surface area contributed by atoms with Crippen LogP contribution in [0.15, 0.2) is 9.89 Å². The Morgan fingerprint density at radius 2 is 1.90 bits per heavy atom. The highest BCUT2D eigenvalue weighted by atomic mass is 32.2. The number of benzene rings is 1. The van der Waals surface area contributed by atoms with Crippen molar-refractivity contribution < 1.29 is 23.1 Å². The predicted molar refractivity (Wildman–Crippen MR) is 115 cm³/mol. The molecule has 1 atom stereocenters. The molecule has 6 N–H and O–H groups in total. The summed E-state index contributed by atoms with van der Waals surface area (Å²) in [4.78, 5) is 14.9. The molecule has 1 heterocycles. The van der Waals surface area contributed by atoms with E-state index in [0.717, 1.165) is 29.7 Å². The zero-order valence-corrected chi connectivity index (χ0v) is 19.0. The molecule has 9 nitrogen and oxygen atoms in total. The minimum Gasteiger partial charge on any atom is -0.487 e. The Morgan fingerprint density at radius 3 is 2.50 bits per heavy atom. The van der Waals surface area contributed by atoms with E-state index in [1.165, 1.54) is 0 Å². The topological polar surface area (TPSA) is 157 Å². The number of carboxylic acids is 1. The lowest BCUT2D eigenvalue weighted by molar-refractivity contribution is -0.138. The SMILES string of the molecule is Cc1c(C)c(S(=O)(=O)NC(N)=NCCC[C@@H](N)C(=O)O)c(C)c2c1OC(C)(C)CC2. The minimum absolute atomic E-state index is 0.166. The fraction of sp³-hybridized carbons (Fsp3) is 0.600. The van der Waals surface area contributed by atoms with Gasteiger partial charge in [-0.2, -0.15) is 0 Å². The van der Waals surface area contributed by atoms with Crippen LogP contribution in [-0.2, 0) is 21.2 Å². The smallest absolute Gasteiger partial charge is 0.320 e. The average Bonchev–Trinajstić information content (AvgIpc) is 2.61. The van der Waals surface area contributed by atoms with E-state index < -0.39 is 22.0 Å². The fourth-order valence-corrected chi connectivity index (χ4v) is 5.13. The van der Waals surface area contributed by atoms with Crippen LogP contribution in [0.2, 0.25) is 0 Å². The number of sulfonamides is 1. The average molecular weight is 441 g/mol. The summed E-state index contributed by atoms with van der Waals surface area (Å²) in [6.45, 7) is 9.60. The molecule has 1 aliphatic rings. The second kappa shape index (κ2) is 8.81. The van der Waals surface area contributed by atoms with E-state index in [0.29, 0.717) is 17.5 Å². The van der Waals surface area contributed by atoms with Gasteiger partial charge >= 0.3 is 5.97 Å². The van der Waals surface area contributed by atoms with Crippen LogP contribution in [0.1, 0.15) is 55.4 Å². The number of guanidine groups is 1. The number of carboxylic acid groups (broad SMARTS) is 1. The summed E-state index contributed by atoms with van der Waals surface area (Å²) in [5, 5.41) is 8.77. The van der Waals surface area contributed by atoms with Crippen molar-refractivity contribution in [2.24, 2.45) is 16.5 Å². The van der Waals surface area contributed by atoms with Gasteiger partial charge in [0.25, 0.3) is 10.0 Å². The molecule has 1 aromatic carbocycles. The van der Waals surface area contributed by atoms with E-state index in [4.69, 9.17) is 21.3 Å². The van der Waals surface area contributed by atoms with E-state index in [1.54, 1.807) is 13.8 Å². The summed E-state index contributed by atoms with van der Waals surface area (Å²) in [6.07, 6.45) is 2.11. The summed E-state index contributed by atoms with van der Waals surface area (Å²) >= 11 is 0. The van der Waals surface area contributed by atoms with Gasteiger partial charge in [0.15, 0.2) is 0 Å². The molecule has 1 aromatic rings. The van der Waals surface area contributed by atoms with Crippen LogP contribution in [-0.4, -0.2) is 43.6 Å². The molecule has 2 rings (SSSR count). The third-order valence-electron chi connectivity index (χ3n) is 5.45. The second-order valence-corrected chi connectivity index (χ2v) is 9.95. The highest BCUT2D eigenvalue weighted by Gasteiger charge is 2.33. The van der Waals surface area contributed by atoms with E-state index in [9.17, 15) is 13.2 Å². The molecule has 168 valence electrons. The number of nitrogens with two attached hydrogens (primary N) is 2. The number of nitrogens with zero attached hydrogens (tertiary/aromatic N) is 1. The molecule has 0 bridgehead atoms. The molecular formula is C20H32N4O5S. The highest BCUT2D eigenvalue weighted by molar-refractivity contribution is 7.90. The largest absolute Gasteiger partial charge is 0.487 e. The van der Waals surface area contributed by atoms with Crippen molar-refractivity contribution in [3.63, 3.8) is 0 Å². The number of carbonyl (C=O) groups is 1. The zero-order chi connectivity index (χ0) is 22.9. The molecule has 30 heavy (non-hydrogen) atoms. The van der Waals surface area contributed by atoms with Crippen molar-refractivity contribution in [2.45, 2.75) is 76.8 Å². The lowest BCUT2D eigenvalue weighted by Gasteiger charge is -2.35. The number of ether oxygens (including phenoxy) is 1. The highest BCUT2D eigenvalue weighted by Crippen LogP contribution is 2.42. The molecule has 0 unspecified atom stereocenters. The molecule has 0 aromatic heterocycles. The Hall–Kier alpha value is -2.33. The Balaban J connectivity index is 2.25. The van der Waals surface area contributed by atoms with Gasteiger partial charge in [0, 0.05) is 6.54 Å². The Bertz CT molecular complexity index is 970. The van der Waals surface area contributed by atoms with Crippen molar-refractivity contribution in [3.8, 4) is 5.75 Å². The van der Waals surface area contributed by atoms with Crippen LogP contribution >= 0.6 is 0 Å². The van der Waals surface area contributed by atoms with E-state index in [-0.39, 0.29) is 29.4 Å². The Morgan fingerprint density at radius 1 is 1.27 bits per heavy atom. The summed E-state index contributed by atoms with van der Waals surface area (Å²) in [6, 6.07) is -0.978. The zero-order valence-electron chi connectivity index (χ0n) is 18.2. The molecule has 0 amide bonds. The quantitative estimate of drug-likeness (QED) is 0.284. The molecule has 0 radical (unpaired) electrons. The maximum absolute atomic E-state index is 13.1. The van der Waals surface area contributed by atoms with Gasteiger partial charge in [0.05, 0.1) is 4.90 Å². The number of rotatable bonds is 7. The van der Waals surface area contributed by atoms with Gasteiger partial charge < -0.3 is 21.3 Å². The molecular weight excluding hydrogens is 408 g/mol. The van der Waals surface area contributed by atoms with Gasteiger partial charge in [-0.1, -0.05) is 0 Å². The standard InChI is InChI=1S/C20H32N4O5S/c1-11-12(2)17(13(3)14-8-9-20(4,5)29-16(11)14)30(27,28)24-19(22)23-10-6-7-15(21)18(25)26/h15H,6-10,21H2,1-5H3,(H,25,26)(H3,22,23,24)/t15-/m1/s1. The van der Waals surface area contributed by atoms with Crippen molar-refractivity contribution in [1.29, 1.82) is 0 Å². The van der Waals surface area contributed by atoms with Gasteiger partial charge in [0.1, 0.15) is 17.4 Å². The first-order valence-electron chi connectivity index (χ1n) is 9.89. The van der Waals surface area contributed by atoms with Crippen LogP contribution in [0.3, 0.4) is 0 Å². The number of aliphatic carboxylic acids is 1. The molecule has 0 spiro atoms. The Kier molecular flexibility index (Phi) is 7.03. The first kappa shape index (κ1) is 23.9. The van der Waals surface area contributed by atoms with Crippen molar-refractivity contribution in [1.82, 2.24) is 4.72 Å². The monoisotopic (exact) mass is 440 g/mol. The van der Waals surface area contributed by atoms with Crippen molar-refractivity contribution in [3.05, 3.63) is 22.3 Å². The predicted octanol–water partition coefficient (Wildman–Crippen LogP) is 1.50. The lowest BCUT2D eigenvalue weighted by Crippen LogP contribution is -2.38. The van der Waals surface area contributed by atoms with Crippen LogP contribution in [0.5, 0.6) is 5.75 Å². The molecule has 0 saturated heterocycles. The third kappa shape index (κ3) is 5.23. The number of fused-ring (bicyclic) bond motifs is 1. The fourth-order valence-electron chi connectivity index (χ4n) is 3.61. The van der Waals surface area contributed by atoms with Crippen molar-refractivity contribution >= 4 is 22.0 Å². The van der Waals surface area contributed by atoms with Gasteiger partial charge in [-0.3, -0.25) is 9.79 Å². The maximum atomic E-state index is 13.1. The molecule has 0 aliphatic carbocycles.